The molecule has 1 aliphatic rings. The standard InChI is InChI=1S/C8H8N4O/c9-3-6(11)7(4-10)12-8(13)5-1-2-5/h5H,1-2,11H2,(H,12,13). The lowest BCUT2D eigenvalue weighted by atomic mass is 10.3. The smallest absolute Gasteiger partial charge is 0.228 e. The zero-order valence-corrected chi connectivity index (χ0v) is 6.87. The lowest BCUT2D eigenvalue weighted by Crippen LogP contribution is -2.25. The van der Waals surface area contributed by atoms with E-state index in [1.165, 1.54) is 0 Å². The van der Waals surface area contributed by atoms with Crippen molar-refractivity contribution in [3.8, 4) is 12.1 Å². The number of allylic oxidation sites excluding steroid dienone is 2. The molecule has 5 heteroatoms. The molecule has 0 aromatic carbocycles. The number of nitrogens with zero attached hydrogens (tertiary/aromatic N) is 2. The Kier molecular flexibility index (Phi) is 2.51. The molecule has 1 rings (SSSR count). The molecule has 1 amide bonds. The molecule has 1 fully saturated rings. The molecule has 0 unspecified atom stereocenters. The molecule has 5 nitrogen and oxygen atoms in total. The lowest BCUT2D eigenvalue weighted by Gasteiger charge is -2.00. The van der Waals surface area contributed by atoms with Gasteiger partial charge in [-0.25, -0.2) is 0 Å². The van der Waals surface area contributed by atoms with Crippen LogP contribution in [0.4, 0.5) is 0 Å². The molecular formula is C8H8N4O. The van der Waals surface area contributed by atoms with Crippen LogP contribution >= 0.6 is 0 Å². The van der Waals surface area contributed by atoms with Crippen LogP contribution in [0.2, 0.25) is 0 Å². The maximum Gasteiger partial charge on any atom is 0.228 e. The molecule has 0 aromatic heterocycles. The normalized spacial score (nSPS) is 16.5. The minimum Gasteiger partial charge on any atom is -0.388 e. The van der Waals surface area contributed by atoms with Crippen LogP contribution in [0.1, 0.15) is 12.8 Å². The molecule has 0 radical (unpaired) electrons. The molecule has 0 spiro atoms. The van der Waals surface area contributed by atoms with E-state index in [2.05, 4.69) is 5.32 Å². The number of hydrogen-bond acceptors (Lipinski definition) is 4. The Morgan fingerprint density at radius 3 is 2.38 bits per heavy atom. The van der Waals surface area contributed by atoms with Crippen molar-refractivity contribution in [2.75, 3.05) is 0 Å². The van der Waals surface area contributed by atoms with E-state index in [0.29, 0.717) is 0 Å². The van der Waals surface area contributed by atoms with Crippen molar-refractivity contribution in [1.82, 2.24) is 5.32 Å². The number of nitrogens with one attached hydrogen (secondary N) is 1. The maximum atomic E-state index is 11.1. The summed E-state index contributed by atoms with van der Waals surface area (Å²) in [6, 6.07) is 3.27. The minimum absolute atomic E-state index is 0.00478. The Balaban J connectivity index is 2.66. The predicted octanol–water partition coefficient (Wildman–Crippen LogP) is -0.270. The van der Waals surface area contributed by atoms with Gasteiger partial charge < -0.3 is 11.1 Å². The monoisotopic (exact) mass is 176 g/mol. The molecule has 0 atom stereocenters. The zero-order chi connectivity index (χ0) is 9.84. The summed E-state index contributed by atoms with van der Waals surface area (Å²) >= 11 is 0. The van der Waals surface area contributed by atoms with E-state index in [9.17, 15) is 4.79 Å². The van der Waals surface area contributed by atoms with E-state index in [0.717, 1.165) is 12.8 Å². The minimum atomic E-state index is -0.253. The van der Waals surface area contributed by atoms with Gasteiger partial charge in [0.15, 0.2) is 5.70 Å². The second kappa shape index (κ2) is 3.59. The second-order valence-corrected chi connectivity index (χ2v) is 2.78. The van der Waals surface area contributed by atoms with Gasteiger partial charge in [-0.1, -0.05) is 0 Å². The topological polar surface area (TPSA) is 103 Å². The van der Waals surface area contributed by atoms with Gasteiger partial charge in [0.25, 0.3) is 0 Å². The molecule has 0 aliphatic heterocycles. The van der Waals surface area contributed by atoms with E-state index >= 15 is 0 Å². The maximum absolute atomic E-state index is 11.1. The zero-order valence-electron chi connectivity index (χ0n) is 6.87. The number of carbonyl (C=O) groups excluding carboxylic acids is 1. The molecule has 13 heavy (non-hydrogen) atoms. The van der Waals surface area contributed by atoms with Crippen molar-refractivity contribution in [2.45, 2.75) is 12.8 Å². The Morgan fingerprint density at radius 2 is 2.00 bits per heavy atom. The van der Waals surface area contributed by atoms with Crippen LogP contribution in [0.3, 0.4) is 0 Å². The van der Waals surface area contributed by atoms with Gasteiger partial charge in [-0.15, -0.1) is 0 Å². The van der Waals surface area contributed by atoms with Gasteiger partial charge in [0.05, 0.1) is 0 Å². The summed E-state index contributed by atoms with van der Waals surface area (Å²) in [5.74, 6) is -0.232. The van der Waals surface area contributed by atoms with Crippen LogP contribution < -0.4 is 11.1 Å². The van der Waals surface area contributed by atoms with E-state index in [4.69, 9.17) is 16.3 Å². The summed E-state index contributed by atoms with van der Waals surface area (Å²) in [5.41, 5.74) is 4.77. The average molecular weight is 176 g/mol. The Hall–Kier alpha value is -2.01. The van der Waals surface area contributed by atoms with E-state index < -0.39 is 0 Å². The molecule has 1 saturated carbocycles. The Bertz CT molecular complexity index is 340. The summed E-state index contributed by atoms with van der Waals surface area (Å²) in [7, 11) is 0. The first-order valence-electron chi connectivity index (χ1n) is 3.80. The molecule has 0 bridgehead atoms. The van der Waals surface area contributed by atoms with Crippen LogP contribution in [0.5, 0.6) is 0 Å². The highest BCUT2D eigenvalue weighted by molar-refractivity contribution is 5.83. The third-order valence-electron chi connectivity index (χ3n) is 1.70. The molecule has 0 heterocycles. The number of nitriles is 2. The van der Waals surface area contributed by atoms with Crippen molar-refractivity contribution >= 4 is 5.91 Å². The lowest BCUT2D eigenvalue weighted by molar-refractivity contribution is -0.121. The molecule has 0 saturated heterocycles. The fourth-order valence-corrected chi connectivity index (χ4v) is 0.782. The highest BCUT2D eigenvalue weighted by Gasteiger charge is 2.30. The van der Waals surface area contributed by atoms with Crippen molar-refractivity contribution in [1.29, 1.82) is 10.5 Å². The first-order chi connectivity index (χ1) is 6.19. The highest BCUT2D eigenvalue weighted by Crippen LogP contribution is 2.28. The highest BCUT2D eigenvalue weighted by atomic mass is 16.2. The van der Waals surface area contributed by atoms with Gasteiger partial charge in [0, 0.05) is 5.92 Å². The number of nitrogens with two attached hydrogens (primary N) is 1. The molecule has 1 aliphatic carbocycles. The van der Waals surface area contributed by atoms with Gasteiger partial charge in [0.1, 0.15) is 17.8 Å². The molecule has 66 valence electrons. The van der Waals surface area contributed by atoms with Crippen LogP contribution in [-0.2, 0) is 4.79 Å². The predicted molar refractivity (Wildman–Crippen MR) is 43.3 cm³/mol. The fourth-order valence-electron chi connectivity index (χ4n) is 0.782. The largest absolute Gasteiger partial charge is 0.388 e. The van der Waals surface area contributed by atoms with E-state index in [1.54, 1.807) is 12.1 Å². The summed E-state index contributed by atoms with van der Waals surface area (Å²) in [5, 5.41) is 19.2. The third-order valence-corrected chi connectivity index (χ3v) is 1.70. The van der Waals surface area contributed by atoms with Crippen LogP contribution in [0.25, 0.3) is 0 Å². The summed E-state index contributed by atoms with van der Waals surface area (Å²) in [4.78, 5) is 11.1. The van der Waals surface area contributed by atoms with E-state index in [1.807, 2.05) is 0 Å². The van der Waals surface area contributed by atoms with Crippen molar-refractivity contribution in [3.05, 3.63) is 11.4 Å². The van der Waals surface area contributed by atoms with Crippen LogP contribution in [0, 0.1) is 28.6 Å². The average Bonchev–Trinajstić information content (AvgIpc) is 2.95. The third kappa shape index (κ3) is 2.21. The number of rotatable bonds is 2. The molecule has 0 aromatic rings. The summed E-state index contributed by atoms with van der Waals surface area (Å²) in [6.45, 7) is 0. The first-order valence-corrected chi connectivity index (χ1v) is 3.80. The quantitative estimate of drug-likeness (QED) is 0.565. The van der Waals surface area contributed by atoms with Crippen molar-refractivity contribution in [3.63, 3.8) is 0 Å². The van der Waals surface area contributed by atoms with Crippen molar-refractivity contribution in [2.24, 2.45) is 11.7 Å². The second-order valence-electron chi connectivity index (χ2n) is 2.78. The van der Waals surface area contributed by atoms with Gasteiger partial charge in [-0.3, -0.25) is 4.79 Å². The Morgan fingerprint density at radius 1 is 1.38 bits per heavy atom. The van der Waals surface area contributed by atoms with Gasteiger partial charge in [-0.05, 0) is 12.8 Å². The Labute approximate surface area is 75.4 Å². The molecule has 3 N–H and O–H groups in total. The SMILES string of the molecule is N#CC(N)=C(C#N)NC(=O)C1CC1. The number of amides is 1. The van der Waals surface area contributed by atoms with Gasteiger partial charge >= 0.3 is 0 Å². The summed E-state index contributed by atoms with van der Waals surface area (Å²) in [6.07, 6.45) is 1.69. The molecular weight excluding hydrogens is 168 g/mol. The number of hydrogen-bond donors (Lipinski definition) is 2. The van der Waals surface area contributed by atoms with Gasteiger partial charge in [-0.2, -0.15) is 10.5 Å². The van der Waals surface area contributed by atoms with Crippen LogP contribution in [0.15, 0.2) is 11.4 Å². The van der Waals surface area contributed by atoms with Crippen LogP contribution in [-0.4, -0.2) is 5.91 Å². The first kappa shape index (κ1) is 9.08. The fraction of sp³-hybridized carbons (Fsp3) is 0.375. The number of carbonyl (C=O) groups is 1. The summed E-state index contributed by atoms with van der Waals surface area (Å²) < 4.78 is 0. The van der Waals surface area contributed by atoms with Crippen molar-refractivity contribution < 1.29 is 4.79 Å². The van der Waals surface area contributed by atoms with E-state index in [-0.39, 0.29) is 23.2 Å². The van der Waals surface area contributed by atoms with Gasteiger partial charge in [0.2, 0.25) is 5.91 Å².